The highest BCUT2D eigenvalue weighted by molar-refractivity contribution is 5.86. The number of carbonyl (C=O) groups is 1. The number of fused-ring (bicyclic) bond motifs is 2. The monoisotopic (exact) mass is 505 g/mol. The highest BCUT2D eigenvalue weighted by Crippen LogP contribution is 2.30. The maximum absolute atomic E-state index is 12.6. The van der Waals surface area contributed by atoms with Gasteiger partial charge < -0.3 is 24.7 Å². The fraction of sp³-hybridized carbons (Fsp3) is 0.500. The zero-order valence-electron chi connectivity index (χ0n) is 21.8. The highest BCUT2D eigenvalue weighted by atomic mass is 16.5. The number of benzene rings is 1. The van der Waals surface area contributed by atoms with E-state index in [0.29, 0.717) is 17.3 Å². The van der Waals surface area contributed by atoms with E-state index in [1.807, 2.05) is 33.2 Å². The molecule has 0 spiro atoms. The van der Waals surface area contributed by atoms with Gasteiger partial charge in [-0.25, -0.2) is 9.78 Å². The first-order chi connectivity index (χ1) is 17.9. The Labute approximate surface area is 216 Å². The minimum Gasteiger partial charge on any atom is -0.480 e. The van der Waals surface area contributed by atoms with Crippen molar-refractivity contribution in [3.8, 4) is 5.75 Å². The number of nitrogens with one attached hydrogen (secondary N) is 2. The van der Waals surface area contributed by atoms with Gasteiger partial charge >= 0.3 is 5.63 Å². The van der Waals surface area contributed by atoms with Crippen molar-refractivity contribution in [1.29, 1.82) is 0 Å². The summed E-state index contributed by atoms with van der Waals surface area (Å²) in [6.07, 6.45) is 8.04. The number of rotatable bonds is 7. The first kappa shape index (κ1) is 25.0. The Morgan fingerprint density at radius 1 is 1.11 bits per heavy atom. The molecule has 1 saturated carbocycles. The number of carbonyl (C=O) groups excluding carboxylic acids is 1. The topological polar surface area (TPSA) is 110 Å². The SMILES string of the molecule is Cc1cc(=O)oc2c(OCC(=O)N[C@H]3CC[C@@H](Nc4nc5c(c(N(C)C)n4)CCCC5)CC3)cccc12. The normalized spacial score (nSPS) is 19.2. The summed E-state index contributed by atoms with van der Waals surface area (Å²) in [5.41, 5.74) is 3.21. The second-order valence-electron chi connectivity index (χ2n) is 10.3. The molecule has 0 bridgehead atoms. The number of hydrogen-bond donors (Lipinski definition) is 2. The molecule has 0 atom stereocenters. The van der Waals surface area contributed by atoms with E-state index >= 15 is 0 Å². The maximum atomic E-state index is 12.6. The van der Waals surface area contributed by atoms with Crippen molar-refractivity contribution in [2.75, 3.05) is 30.9 Å². The molecular weight excluding hydrogens is 470 g/mol. The number of aryl methyl sites for hydroxylation is 2. The van der Waals surface area contributed by atoms with Crippen LogP contribution >= 0.6 is 0 Å². The zero-order valence-corrected chi connectivity index (χ0v) is 21.8. The first-order valence-electron chi connectivity index (χ1n) is 13.2. The summed E-state index contributed by atoms with van der Waals surface area (Å²) in [4.78, 5) is 36.1. The minimum absolute atomic E-state index is 0.101. The predicted molar refractivity (Wildman–Crippen MR) is 144 cm³/mol. The molecule has 2 aliphatic carbocycles. The van der Waals surface area contributed by atoms with Crippen LogP contribution in [-0.2, 0) is 17.6 Å². The molecule has 0 saturated heterocycles. The van der Waals surface area contributed by atoms with Crippen LogP contribution < -0.4 is 25.9 Å². The summed E-state index contributed by atoms with van der Waals surface area (Å²) in [7, 11) is 4.07. The van der Waals surface area contributed by atoms with Crippen LogP contribution in [0.15, 0.2) is 33.5 Å². The summed E-state index contributed by atoms with van der Waals surface area (Å²) in [6.45, 7) is 1.71. The number of amides is 1. The van der Waals surface area contributed by atoms with Gasteiger partial charge in [0.25, 0.3) is 5.91 Å². The van der Waals surface area contributed by atoms with Gasteiger partial charge in [-0.1, -0.05) is 12.1 Å². The molecular formula is C28H35N5O4. The van der Waals surface area contributed by atoms with Crippen LogP contribution in [0.2, 0.25) is 0 Å². The van der Waals surface area contributed by atoms with Gasteiger partial charge in [0.05, 0.1) is 5.69 Å². The van der Waals surface area contributed by atoms with Gasteiger partial charge in [-0.05, 0) is 69.9 Å². The molecule has 9 nitrogen and oxygen atoms in total. The molecule has 9 heteroatoms. The first-order valence-corrected chi connectivity index (χ1v) is 13.2. The molecule has 2 N–H and O–H groups in total. The molecule has 196 valence electrons. The average Bonchev–Trinajstić information content (AvgIpc) is 2.88. The van der Waals surface area contributed by atoms with Crippen LogP contribution in [0.4, 0.5) is 11.8 Å². The second-order valence-corrected chi connectivity index (χ2v) is 10.3. The molecule has 5 rings (SSSR count). The van der Waals surface area contributed by atoms with E-state index in [1.165, 1.54) is 30.2 Å². The number of aromatic nitrogens is 2. The number of anilines is 2. The van der Waals surface area contributed by atoms with Crippen molar-refractivity contribution in [2.45, 2.75) is 70.4 Å². The Bertz CT molecular complexity index is 1340. The van der Waals surface area contributed by atoms with E-state index in [9.17, 15) is 9.59 Å². The van der Waals surface area contributed by atoms with E-state index < -0.39 is 5.63 Å². The number of ether oxygens (including phenoxy) is 1. The molecule has 0 radical (unpaired) electrons. The molecule has 1 aromatic carbocycles. The fourth-order valence-corrected chi connectivity index (χ4v) is 5.42. The van der Waals surface area contributed by atoms with E-state index in [-0.39, 0.29) is 24.6 Å². The van der Waals surface area contributed by atoms with E-state index in [4.69, 9.17) is 19.1 Å². The van der Waals surface area contributed by atoms with Crippen molar-refractivity contribution < 1.29 is 13.9 Å². The smallest absolute Gasteiger partial charge is 0.336 e. The quantitative estimate of drug-likeness (QED) is 0.467. The number of para-hydroxylation sites is 1. The molecule has 2 heterocycles. The van der Waals surface area contributed by atoms with Gasteiger partial charge in [0.1, 0.15) is 5.82 Å². The lowest BCUT2D eigenvalue weighted by molar-refractivity contribution is -0.124. The lowest BCUT2D eigenvalue weighted by Crippen LogP contribution is -2.42. The molecule has 1 fully saturated rings. The Balaban J connectivity index is 1.13. The summed E-state index contributed by atoms with van der Waals surface area (Å²) in [5, 5.41) is 7.43. The van der Waals surface area contributed by atoms with Crippen LogP contribution in [0.25, 0.3) is 11.0 Å². The molecule has 3 aromatic rings. The van der Waals surface area contributed by atoms with Crippen molar-refractivity contribution in [2.24, 2.45) is 0 Å². The molecule has 2 aromatic heterocycles. The predicted octanol–water partition coefficient (Wildman–Crippen LogP) is 3.75. The van der Waals surface area contributed by atoms with Gasteiger partial charge in [0.2, 0.25) is 5.95 Å². The standard InChI is InChI=1S/C28H35N5O4/c1-17-15-25(35)37-26-20(17)8-6-10-23(26)36-16-24(34)29-18-11-13-19(14-12-18)30-28-31-22-9-5-4-7-21(22)27(32-28)33(2)3/h6,8,10,15,18-19H,4-5,7,9,11-14,16H2,1-3H3,(H,29,34)(H,30,31,32)/t18-,19+. The van der Waals surface area contributed by atoms with Crippen LogP contribution in [0.5, 0.6) is 5.75 Å². The molecule has 0 aliphatic heterocycles. The largest absolute Gasteiger partial charge is 0.480 e. The summed E-state index contributed by atoms with van der Waals surface area (Å²) < 4.78 is 11.1. The lowest BCUT2D eigenvalue weighted by Gasteiger charge is -2.30. The third-order valence-corrected chi connectivity index (χ3v) is 7.31. The average molecular weight is 506 g/mol. The van der Waals surface area contributed by atoms with Crippen molar-refractivity contribution in [3.63, 3.8) is 0 Å². The van der Waals surface area contributed by atoms with Gasteiger partial charge in [-0.15, -0.1) is 0 Å². The van der Waals surface area contributed by atoms with Gasteiger partial charge in [-0.3, -0.25) is 4.79 Å². The van der Waals surface area contributed by atoms with E-state index in [1.54, 1.807) is 6.07 Å². The third-order valence-electron chi connectivity index (χ3n) is 7.31. The Kier molecular flexibility index (Phi) is 7.30. The van der Waals surface area contributed by atoms with Gasteiger partial charge in [-0.2, -0.15) is 4.98 Å². The van der Waals surface area contributed by atoms with E-state index in [0.717, 1.165) is 55.3 Å². The number of nitrogens with zero attached hydrogens (tertiary/aromatic N) is 3. The Morgan fingerprint density at radius 3 is 2.65 bits per heavy atom. The molecule has 0 unspecified atom stereocenters. The number of hydrogen-bond acceptors (Lipinski definition) is 8. The van der Waals surface area contributed by atoms with Crippen molar-refractivity contribution >= 4 is 28.6 Å². The molecule has 1 amide bonds. The van der Waals surface area contributed by atoms with Crippen LogP contribution in [0, 0.1) is 6.92 Å². The Morgan fingerprint density at radius 2 is 1.86 bits per heavy atom. The second kappa shape index (κ2) is 10.8. The summed E-state index contributed by atoms with van der Waals surface area (Å²) >= 11 is 0. The molecule has 2 aliphatic rings. The summed E-state index contributed by atoms with van der Waals surface area (Å²) in [5.74, 6) is 1.94. The fourth-order valence-electron chi connectivity index (χ4n) is 5.42. The van der Waals surface area contributed by atoms with Gasteiger partial charge in [0, 0.05) is 43.2 Å². The minimum atomic E-state index is -0.436. The maximum Gasteiger partial charge on any atom is 0.336 e. The third kappa shape index (κ3) is 5.70. The van der Waals surface area contributed by atoms with Crippen LogP contribution in [-0.4, -0.2) is 48.7 Å². The lowest BCUT2D eigenvalue weighted by atomic mass is 9.91. The van der Waals surface area contributed by atoms with Gasteiger partial charge in [0.15, 0.2) is 17.9 Å². The summed E-state index contributed by atoms with van der Waals surface area (Å²) in [6, 6.07) is 7.22. The van der Waals surface area contributed by atoms with E-state index in [2.05, 4.69) is 15.5 Å². The molecule has 37 heavy (non-hydrogen) atoms. The highest BCUT2D eigenvalue weighted by Gasteiger charge is 2.25. The Hall–Kier alpha value is -3.62. The zero-order chi connectivity index (χ0) is 25.9. The van der Waals surface area contributed by atoms with Crippen LogP contribution in [0.3, 0.4) is 0 Å². The van der Waals surface area contributed by atoms with Crippen molar-refractivity contribution in [1.82, 2.24) is 15.3 Å². The van der Waals surface area contributed by atoms with Crippen LogP contribution in [0.1, 0.15) is 55.3 Å². The van der Waals surface area contributed by atoms with Crippen molar-refractivity contribution in [3.05, 3.63) is 51.5 Å².